The van der Waals surface area contributed by atoms with Gasteiger partial charge in [0, 0.05) is 26.7 Å². The van der Waals surface area contributed by atoms with Crippen LogP contribution in [0.1, 0.15) is 30.9 Å². The molecular weight excluding hydrogens is 302 g/mol. The van der Waals surface area contributed by atoms with Gasteiger partial charge in [-0.1, -0.05) is 12.1 Å². The maximum atomic E-state index is 5.72. The highest BCUT2D eigenvalue weighted by Gasteiger charge is 2.21. The van der Waals surface area contributed by atoms with Crippen molar-refractivity contribution >= 4 is 5.96 Å². The smallest absolute Gasteiger partial charge is 0.194 e. The third kappa shape index (κ3) is 6.04. The Bertz CT molecular complexity index is 541. The lowest BCUT2D eigenvalue weighted by Gasteiger charge is -2.22. The van der Waals surface area contributed by atoms with Crippen molar-refractivity contribution in [1.29, 1.82) is 0 Å². The quantitative estimate of drug-likeness (QED) is 0.429. The molecule has 0 bridgehead atoms. The molecule has 0 spiro atoms. The summed E-state index contributed by atoms with van der Waals surface area (Å²) in [5.74, 6) is 2.63. The molecule has 24 heavy (non-hydrogen) atoms. The van der Waals surface area contributed by atoms with Crippen LogP contribution in [0.15, 0.2) is 23.2 Å². The van der Waals surface area contributed by atoms with Crippen molar-refractivity contribution < 1.29 is 9.47 Å². The molecular formula is C19H31N3O2. The Balaban J connectivity index is 1.88. The molecule has 5 heteroatoms. The number of rotatable bonds is 9. The van der Waals surface area contributed by atoms with Crippen LogP contribution < -0.4 is 10.1 Å². The van der Waals surface area contributed by atoms with Gasteiger partial charge in [-0.15, -0.1) is 0 Å². The third-order valence-electron chi connectivity index (χ3n) is 4.20. The number of likely N-dealkylation sites (N-methyl/N-ethyl adjacent to an activating group) is 1. The zero-order chi connectivity index (χ0) is 17.4. The number of hydrogen-bond acceptors (Lipinski definition) is 3. The summed E-state index contributed by atoms with van der Waals surface area (Å²) in [5.41, 5.74) is 2.29. The first kappa shape index (κ1) is 18.6. The summed E-state index contributed by atoms with van der Waals surface area (Å²) in [6.07, 6.45) is 2.67. The van der Waals surface area contributed by atoms with E-state index in [0.29, 0.717) is 6.54 Å². The van der Waals surface area contributed by atoms with Crippen molar-refractivity contribution in [3.8, 4) is 5.75 Å². The zero-order valence-corrected chi connectivity index (χ0v) is 15.5. The molecule has 1 fully saturated rings. The Kier molecular flexibility index (Phi) is 7.37. The van der Waals surface area contributed by atoms with E-state index < -0.39 is 0 Å². The number of nitrogens with one attached hydrogen (secondary N) is 1. The van der Waals surface area contributed by atoms with Crippen molar-refractivity contribution in [2.75, 3.05) is 40.5 Å². The van der Waals surface area contributed by atoms with Crippen LogP contribution in [0.5, 0.6) is 5.75 Å². The van der Waals surface area contributed by atoms with Gasteiger partial charge in [0.2, 0.25) is 0 Å². The molecule has 1 aromatic carbocycles. The number of aryl methyl sites for hydroxylation is 1. The highest BCUT2D eigenvalue weighted by molar-refractivity contribution is 5.79. The maximum Gasteiger partial charge on any atom is 0.194 e. The second-order valence-corrected chi connectivity index (χ2v) is 6.41. The number of aliphatic imine (C=N–C) groups is 1. The van der Waals surface area contributed by atoms with Gasteiger partial charge in [-0.3, -0.25) is 0 Å². The van der Waals surface area contributed by atoms with Crippen molar-refractivity contribution in [1.82, 2.24) is 10.2 Å². The van der Waals surface area contributed by atoms with Crippen LogP contribution in [-0.2, 0) is 11.3 Å². The van der Waals surface area contributed by atoms with Crippen LogP contribution in [-0.4, -0.2) is 51.3 Å². The lowest BCUT2D eigenvalue weighted by atomic mass is 10.1. The van der Waals surface area contributed by atoms with Gasteiger partial charge >= 0.3 is 0 Å². The third-order valence-corrected chi connectivity index (χ3v) is 4.20. The Morgan fingerprint density at radius 3 is 2.83 bits per heavy atom. The summed E-state index contributed by atoms with van der Waals surface area (Å²) in [4.78, 5) is 6.86. The number of benzene rings is 1. The lowest BCUT2D eigenvalue weighted by Crippen LogP contribution is -2.40. The molecule has 1 saturated carbocycles. The zero-order valence-electron chi connectivity index (χ0n) is 15.5. The highest BCUT2D eigenvalue weighted by Crippen LogP contribution is 2.28. The molecule has 0 saturated heterocycles. The van der Waals surface area contributed by atoms with Crippen LogP contribution in [0.3, 0.4) is 0 Å². The van der Waals surface area contributed by atoms with Gasteiger partial charge < -0.3 is 19.7 Å². The maximum absolute atomic E-state index is 5.72. The van der Waals surface area contributed by atoms with Crippen LogP contribution >= 0.6 is 0 Å². The molecule has 0 aromatic heterocycles. The minimum atomic E-state index is 0.631. The Morgan fingerprint density at radius 1 is 1.38 bits per heavy atom. The summed E-state index contributed by atoms with van der Waals surface area (Å²) in [6, 6.07) is 6.23. The van der Waals surface area contributed by atoms with Gasteiger partial charge in [0.05, 0.1) is 20.3 Å². The predicted molar refractivity (Wildman–Crippen MR) is 98.7 cm³/mol. The van der Waals surface area contributed by atoms with Gasteiger partial charge in [0.25, 0.3) is 0 Å². The first-order chi connectivity index (χ1) is 11.6. The molecule has 0 atom stereocenters. The Labute approximate surface area is 146 Å². The number of ether oxygens (including phenoxy) is 2. The highest BCUT2D eigenvalue weighted by atomic mass is 16.5. The van der Waals surface area contributed by atoms with Crippen LogP contribution in [0.4, 0.5) is 0 Å². The van der Waals surface area contributed by atoms with E-state index in [0.717, 1.165) is 55.1 Å². The number of hydrogen-bond donors (Lipinski definition) is 1. The summed E-state index contributed by atoms with van der Waals surface area (Å²) in [5, 5.41) is 3.34. The molecule has 1 aliphatic carbocycles. The fraction of sp³-hybridized carbons (Fsp3) is 0.632. The molecule has 0 aliphatic heterocycles. The molecule has 1 aromatic rings. The molecule has 5 nitrogen and oxygen atoms in total. The van der Waals surface area contributed by atoms with E-state index in [1.54, 1.807) is 7.11 Å². The van der Waals surface area contributed by atoms with Gasteiger partial charge in [-0.2, -0.15) is 0 Å². The molecule has 0 heterocycles. The number of guanidine groups is 1. The molecule has 1 N–H and O–H groups in total. The van der Waals surface area contributed by atoms with Crippen molar-refractivity contribution in [2.24, 2.45) is 10.9 Å². The number of methoxy groups -OCH3 is 1. The van der Waals surface area contributed by atoms with Crippen molar-refractivity contribution in [3.63, 3.8) is 0 Å². The Morgan fingerprint density at radius 2 is 2.17 bits per heavy atom. The van der Waals surface area contributed by atoms with Gasteiger partial charge in [0.1, 0.15) is 5.75 Å². The lowest BCUT2D eigenvalue weighted by molar-refractivity contribution is 0.115. The van der Waals surface area contributed by atoms with Crippen LogP contribution in [0.25, 0.3) is 0 Å². The average Bonchev–Trinajstić information content (AvgIpc) is 3.40. The minimum Gasteiger partial charge on any atom is -0.496 e. The molecule has 2 rings (SSSR count). The first-order valence-corrected chi connectivity index (χ1v) is 8.84. The molecule has 134 valence electrons. The molecule has 0 amide bonds. The van der Waals surface area contributed by atoms with Gasteiger partial charge in [0.15, 0.2) is 5.96 Å². The predicted octanol–water partition coefficient (Wildman–Crippen LogP) is 2.83. The van der Waals surface area contributed by atoms with Crippen molar-refractivity contribution in [3.05, 3.63) is 29.3 Å². The molecule has 0 radical (unpaired) electrons. The summed E-state index contributed by atoms with van der Waals surface area (Å²) in [6.45, 7) is 8.11. The first-order valence-electron chi connectivity index (χ1n) is 8.84. The SMILES string of the molecule is CCNC(=NCc1ccc(C)c(OC)c1)N(C)CCOCC1CC1. The van der Waals surface area contributed by atoms with E-state index in [9.17, 15) is 0 Å². The summed E-state index contributed by atoms with van der Waals surface area (Å²) >= 11 is 0. The normalized spacial score (nSPS) is 14.6. The monoisotopic (exact) mass is 333 g/mol. The summed E-state index contributed by atoms with van der Waals surface area (Å²) < 4.78 is 11.1. The fourth-order valence-corrected chi connectivity index (χ4v) is 2.44. The average molecular weight is 333 g/mol. The van der Waals surface area contributed by atoms with E-state index in [4.69, 9.17) is 14.5 Å². The molecule has 1 aliphatic rings. The standard InChI is InChI=1S/C19H31N3O2/c1-5-20-19(22(3)10-11-24-14-16-8-9-16)21-13-17-7-6-15(2)18(12-17)23-4/h6-7,12,16H,5,8-11,13-14H2,1-4H3,(H,20,21). The molecule has 0 unspecified atom stereocenters. The largest absolute Gasteiger partial charge is 0.496 e. The van der Waals surface area contributed by atoms with E-state index in [2.05, 4.69) is 42.4 Å². The fourth-order valence-electron chi connectivity index (χ4n) is 2.44. The van der Waals surface area contributed by atoms with E-state index in [-0.39, 0.29) is 0 Å². The van der Waals surface area contributed by atoms with E-state index >= 15 is 0 Å². The topological polar surface area (TPSA) is 46.1 Å². The van der Waals surface area contributed by atoms with Crippen molar-refractivity contribution in [2.45, 2.75) is 33.2 Å². The van der Waals surface area contributed by atoms with E-state index in [1.807, 2.05) is 6.92 Å². The minimum absolute atomic E-state index is 0.631. The number of nitrogens with zero attached hydrogens (tertiary/aromatic N) is 2. The van der Waals surface area contributed by atoms with E-state index in [1.165, 1.54) is 12.8 Å². The van der Waals surface area contributed by atoms with Crippen LogP contribution in [0, 0.1) is 12.8 Å². The van der Waals surface area contributed by atoms with Crippen LogP contribution in [0.2, 0.25) is 0 Å². The Hall–Kier alpha value is -1.75. The summed E-state index contributed by atoms with van der Waals surface area (Å²) in [7, 11) is 3.76. The van der Waals surface area contributed by atoms with Gasteiger partial charge in [-0.25, -0.2) is 4.99 Å². The second kappa shape index (κ2) is 9.52. The second-order valence-electron chi connectivity index (χ2n) is 6.41. The van der Waals surface area contributed by atoms with Gasteiger partial charge in [-0.05, 0) is 49.8 Å².